The molecule has 5 nitrogen and oxygen atoms in total. The van der Waals surface area contributed by atoms with Gasteiger partial charge in [0, 0.05) is 36.8 Å². The third-order valence-electron chi connectivity index (χ3n) is 5.08. The first-order valence-electron chi connectivity index (χ1n) is 9.56. The molecule has 2 aromatic carbocycles. The van der Waals surface area contributed by atoms with Gasteiger partial charge in [0.15, 0.2) is 0 Å². The van der Waals surface area contributed by atoms with Gasteiger partial charge in [-0.1, -0.05) is 42.8 Å². The van der Waals surface area contributed by atoms with Crippen molar-refractivity contribution in [1.29, 1.82) is 0 Å². The lowest BCUT2D eigenvalue weighted by Gasteiger charge is -2.17. The van der Waals surface area contributed by atoms with Gasteiger partial charge in [-0.2, -0.15) is 0 Å². The number of carbonyl (C=O) groups excluding carboxylic acids is 2. The lowest BCUT2D eigenvalue weighted by molar-refractivity contribution is -0.126. The number of halogens is 1. The van der Waals surface area contributed by atoms with Crippen LogP contribution < -0.4 is 10.2 Å². The van der Waals surface area contributed by atoms with Gasteiger partial charge in [0.05, 0.1) is 5.92 Å². The molecule has 0 spiro atoms. The molecule has 28 heavy (non-hydrogen) atoms. The van der Waals surface area contributed by atoms with Crippen molar-refractivity contribution in [2.24, 2.45) is 5.92 Å². The van der Waals surface area contributed by atoms with Crippen LogP contribution in [-0.2, 0) is 22.7 Å². The molecule has 1 N–H and O–H groups in total. The standard InChI is InChI=1S/C22H26ClN3O2/c1-3-25(2)14-17-6-4-5-16(11-17)13-24-22(28)18-12-21(27)26(15-18)20-9-7-19(23)8-10-20/h4-11,18H,3,12-15H2,1-2H3,(H,24,28). The second kappa shape index (κ2) is 9.22. The summed E-state index contributed by atoms with van der Waals surface area (Å²) in [6, 6.07) is 15.3. The first-order chi connectivity index (χ1) is 13.5. The second-order valence-corrected chi connectivity index (χ2v) is 7.69. The van der Waals surface area contributed by atoms with Gasteiger partial charge in [0.25, 0.3) is 0 Å². The summed E-state index contributed by atoms with van der Waals surface area (Å²) in [5.74, 6) is -0.453. The van der Waals surface area contributed by atoms with Crippen LogP contribution in [0.3, 0.4) is 0 Å². The summed E-state index contributed by atoms with van der Waals surface area (Å²) in [5, 5.41) is 3.61. The molecule has 0 radical (unpaired) electrons. The Labute approximate surface area is 171 Å². The molecule has 3 rings (SSSR count). The minimum Gasteiger partial charge on any atom is -0.352 e. The van der Waals surface area contributed by atoms with Crippen LogP contribution in [-0.4, -0.2) is 36.9 Å². The molecule has 0 saturated carbocycles. The van der Waals surface area contributed by atoms with Crippen LogP contribution in [0.2, 0.25) is 5.02 Å². The van der Waals surface area contributed by atoms with Gasteiger partial charge in [-0.3, -0.25) is 9.59 Å². The van der Waals surface area contributed by atoms with E-state index < -0.39 is 0 Å². The summed E-state index contributed by atoms with van der Waals surface area (Å²) in [5.41, 5.74) is 3.06. The van der Waals surface area contributed by atoms with Gasteiger partial charge in [0.1, 0.15) is 0 Å². The number of benzene rings is 2. The quantitative estimate of drug-likeness (QED) is 0.775. The number of carbonyl (C=O) groups is 2. The molecule has 1 saturated heterocycles. The number of hydrogen-bond donors (Lipinski definition) is 1. The molecule has 6 heteroatoms. The van der Waals surface area contributed by atoms with Crippen molar-refractivity contribution in [3.8, 4) is 0 Å². The van der Waals surface area contributed by atoms with Gasteiger partial charge < -0.3 is 15.1 Å². The van der Waals surface area contributed by atoms with Crippen molar-refractivity contribution < 1.29 is 9.59 Å². The molecule has 1 aliphatic heterocycles. The number of rotatable bonds is 7. The Bertz CT molecular complexity index is 838. The Kier molecular flexibility index (Phi) is 6.70. The third kappa shape index (κ3) is 5.12. The molecule has 148 valence electrons. The smallest absolute Gasteiger partial charge is 0.227 e. The maximum Gasteiger partial charge on any atom is 0.227 e. The lowest BCUT2D eigenvalue weighted by Crippen LogP contribution is -2.32. The van der Waals surface area contributed by atoms with Crippen molar-refractivity contribution in [1.82, 2.24) is 10.2 Å². The summed E-state index contributed by atoms with van der Waals surface area (Å²) in [4.78, 5) is 28.8. The fraction of sp³-hybridized carbons (Fsp3) is 0.364. The molecule has 2 aromatic rings. The fourth-order valence-corrected chi connectivity index (χ4v) is 3.47. The molecule has 1 fully saturated rings. The van der Waals surface area contributed by atoms with Crippen molar-refractivity contribution in [2.45, 2.75) is 26.4 Å². The van der Waals surface area contributed by atoms with Crippen LogP contribution in [0, 0.1) is 5.92 Å². The van der Waals surface area contributed by atoms with Crippen molar-refractivity contribution in [3.63, 3.8) is 0 Å². The highest BCUT2D eigenvalue weighted by Gasteiger charge is 2.34. The minimum atomic E-state index is -0.336. The van der Waals surface area contributed by atoms with Crippen LogP contribution in [0.4, 0.5) is 5.69 Å². The van der Waals surface area contributed by atoms with E-state index in [-0.39, 0.29) is 24.2 Å². The summed E-state index contributed by atoms with van der Waals surface area (Å²) in [6.07, 6.45) is 0.232. The third-order valence-corrected chi connectivity index (χ3v) is 5.34. The van der Waals surface area contributed by atoms with Crippen LogP contribution in [0.5, 0.6) is 0 Å². The lowest BCUT2D eigenvalue weighted by atomic mass is 10.1. The van der Waals surface area contributed by atoms with Gasteiger partial charge in [0.2, 0.25) is 11.8 Å². The van der Waals surface area contributed by atoms with Crippen LogP contribution in [0.25, 0.3) is 0 Å². The normalized spacial score (nSPS) is 16.6. The summed E-state index contributed by atoms with van der Waals surface area (Å²) < 4.78 is 0. The van der Waals surface area contributed by atoms with Gasteiger partial charge in [-0.25, -0.2) is 0 Å². The first-order valence-corrected chi connectivity index (χ1v) is 9.94. The number of nitrogens with zero attached hydrogens (tertiary/aromatic N) is 2. The van der Waals surface area contributed by atoms with Crippen molar-refractivity contribution >= 4 is 29.1 Å². The van der Waals surface area contributed by atoms with Crippen molar-refractivity contribution in [3.05, 3.63) is 64.7 Å². The van der Waals surface area contributed by atoms with Crippen molar-refractivity contribution in [2.75, 3.05) is 25.0 Å². The number of nitrogens with one attached hydrogen (secondary N) is 1. The number of hydrogen-bond acceptors (Lipinski definition) is 3. The molecule has 1 aliphatic rings. The SMILES string of the molecule is CCN(C)Cc1cccc(CNC(=O)C2CC(=O)N(c3ccc(Cl)cc3)C2)c1. The van der Waals surface area contributed by atoms with E-state index in [4.69, 9.17) is 11.6 Å². The predicted molar refractivity (Wildman–Crippen MR) is 112 cm³/mol. The van der Waals surface area contributed by atoms with E-state index in [1.165, 1.54) is 5.56 Å². The van der Waals surface area contributed by atoms with Crippen LogP contribution in [0.15, 0.2) is 48.5 Å². The Hall–Kier alpha value is -2.37. The second-order valence-electron chi connectivity index (χ2n) is 7.25. The number of amides is 2. The zero-order valence-corrected chi connectivity index (χ0v) is 17.1. The average molecular weight is 400 g/mol. The maximum absolute atomic E-state index is 12.6. The zero-order valence-electron chi connectivity index (χ0n) is 16.3. The van der Waals surface area contributed by atoms with E-state index in [0.717, 1.165) is 24.3 Å². The fourth-order valence-electron chi connectivity index (χ4n) is 3.35. The van der Waals surface area contributed by atoms with Gasteiger partial charge >= 0.3 is 0 Å². The molecule has 0 bridgehead atoms. The monoisotopic (exact) mass is 399 g/mol. The van der Waals surface area contributed by atoms with E-state index in [0.29, 0.717) is 18.1 Å². The molecule has 0 aliphatic carbocycles. The van der Waals surface area contributed by atoms with E-state index in [2.05, 4.69) is 36.3 Å². The van der Waals surface area contributed by atoms with Crippen LogP contribution >= 0.6 is 11.6 Å². The molecule has 1 unspecified atom stereocenters. The molecule has 2 amide bonds. The highest BCUT2D eigenvalue weighted by Crippen LogP contribution is 2.26. The highest BCUT2D eigenvalue weighted by molar-refractivity contribution is 6.30. The maximum atomic E-state index is 12.6. The Morgan fingerprint density at radius 1 is 1.21 bits per heavy atom. The topological polar surface area (TPSA) is 52.7 Å². The summed E-state index contributed by atoms with van der Waals surface area (Å²) in [6.45, 7) is 4.86. The average Bonchev–Trinajstić information content (AvgIpc) is 3.08. The molecular weight excluding hydrogens is 374 g/mol. The van der Waals surface area contributed by atoms with E-state index >= 15 is 0 Å². The van der Waals surface area contributed by atoms with E-state index in [9.17, 15) is 9.59 Å². The van der Waals surface area contributed by atoms with Gasteiger partial charge in [-0.05, 0) is 49.0 Å². The number of anilines is 1. The summed E-state index contributed by atoms with van der Waals surface area (Å²) in [7, 11) is 2.08. The highest BCUT2D eigenvalue weighted by atomic mass is 35.5. The Morgan fingerprint density at radius 3 is 2.64 bits per heavy atom. The van der Waals surface area contributed by atoms with E-state index in [1.54, 1.807) is 29.2 Å². The molecule has 0 aromatic heterocycles. The Balaban J connectivity index is 1.56. The zero-order chi connectivity index (χ0) is 20.1. The first kappa shape index (κ1) is 20.4. The Morgan fingerprint density at radius 2 is 1.93 bits per heavy atom. The molecule has 1 atom stereocenters. The molecule has 1 heterocycles. The molecular formula is C22H26ClN3O2. The van der Waals surface area contributed by atoms with Crippen LogP contribution in [0.1, 0.15) is 24.5 Å². The predicted octanol–water partition coefficient (Wildman–Crippen LogP) is 3.46. The largest absolute Gasteiger partial charge is 0.352 e. The minimum absolute atomic E-state index is 0.0351. The summed E-state index contributed by atoms with van der Waals surface area (Å²) >= 11 is 5.91. The van der Waals surface area contributed by atoms with Gasteiger partial charge in [-0.15, -0.1) is 0 Å². The van der Waals surface area contributed by atoms with E-state index in [1.807, 2.05) is 12.1 Å².